The second kappa shape index (κ2) is 6.72. The molecule has 1 heterocycles. The Morgan fingerprint density at radius 2 is 1.89 bits per heavy atom. The van der Waals surface area contributed by atoms with Crippen LogP contribution in [0.15, 0.2) is 29.2 Å². The van der Waals surface area contributed by atoms with Crippen LogP contribution in [0, 0.1) is 0 Å². The zero-order valence-electron chi connectivity index (χ0n) is 9.73. The van der Waals surface area contributed by atoms with Crippen molar-refractivity contribution >= 4 is 27.5 Å². The van der Waals surface area contributed by atoms with Crippen LogP contribution in [-0.4, -0.2) is 20.9 Å². The molecule has 2 rings (SSSR count). The molecule has 18 heavy (non-hydrogen) atoms. The lowest BCUT2D eigenvalue weighted by Crippen LogP contribution is -2.28. The maximum absolute atomic E-state index is 10.7. The van der Waals surface area contributed by atoms with Crippen LogP contribution in [0.2, 0.25) is 5.02 Å². The molecule has 1 saturated heterocycles. The summed E-state index contributed by atoms with van der Waals surface area (Å²) >= 11 is 5.55. The molecule has 0 aliphatic carbocycles. The van der Waals surface area contributed by atoms with E-state index in [0.717, 1.165) is 25.8 Å². The Labute approximate surface area is 111 Å². The van der Waals surface area contributed by atoms with Crippen LogP contribution in [0.3, 0.4) is 0 Å². The van der Waals surface area contributed by atoms with Gasteiger partial charge in [-0.3, -0.25) is 4.79 Å². The molecule has 0 saturated carbocycles. The maximum Gasteiger partial charge on any atom is 0.239 e. The van der Waals surface area contributed by atoms with Gasteiger partial charge in [-0.2, -0.15) is 0 Å². The summed E-state index contributed by atoms with van der Waals surface area (Å²) in [6.07, 6.45) is 2.97. The van der Waals surface area contributed by atoms with Crippen molar-refractivity contribution in [2.24, 2.45) is 5.14 Å². The number of rotatable bonds is 1. The monoisotopic (exact) mass is 290 g/mol. The van der Waals surface area contributed by atoms with Gasteiger partial charge in [0.2, 0.25) is 15.9 Å². The van der Waals surface area contributed by atoms with E-state index in [9.17, 15) is 13.2 Å². The minimum Gasteiger partial charge on any atom is -0.356 e. The summed E-state index contributed by atoms with van der Waals surface area (Å²) in [5, 5.41) is 7.74. The number of primary sulfonamides is 1. The second-order valence-electron chi connectivity index (χ2n) is 3.78. The minimum atomic E-state index is -3.67. The lowest BCUT2D eigenvalue weighted by molar-refractivity contribution is -0.122. The van der Waals surface area contributed by atoms with Gasteiger partial charge < -0.3 is 5.32 Å². The zero-order valence-corrected chi connectivity index (χ0v) is 11.3. The van der Waals surface area contributed by atoms with E-state index in [1.165, 1.54) is 12.1 Å². The lowest BCUT2D eigenvalue weighted by atomic mass is 10.2. The normalized spacial score (nSPS) is 15.3. The highest BCUT2D eigenvalue weighted by molar-refractivity contribution is 7.89. The van der Waals surface area contributed by atoms with E-state index >= 15 is 0 Å². The van der Waals surface area contributed by atoms with Crippen LogP contribution in [0.25, 0.3) is 0 Å². The Hall–Kier alpha value is -1.11. The number of carbonyl (C=O) groups is 1. The number of carbonyl (C=O) groups excluding carboxylic acids is 1. The van der Waals surface area contributed by atoms with Crippen molar-refractivity contribution in [2.75, 3.05) is 6.54 Å². The average Bonchev–Trinajstić information content (AvgIpc) is 2.30. The van der Waals surface area contributed by atoms with E-state index in [1.807, 2.05) is 0 Å². The largest absolute Gasteiger partial charge is 0.356 e. The SMILES string of the molecule is NS(=O)(=O)c1ccccc1Cl.O=C1CCCCN1. The summed E-state index contributed by atoms with van der Waals surface area (Å²) in [5.74, 6) is 0.214. The molecule has 1 fully saturated rings. The van der Waals surface area contributed by atoms with Gasteiger partial charge in [0.1, 0.15) is 4.90 Å². The number of hydrogen-bond acceptors (Lipinski definition) is 3. The fourth-order valence-electron chi connectivity index (χ4n) is 1.40. The van der Waals surface area contributed by atoms with Crippen molar-refractivity contribution in [2.45, 2.75) is 24.2 Å². The Balaban J connectivity index is 0.000000199. The Morgan fingerprint density at radius 1 is 1.22 bits per heavy atom. The fourth-order valence-corrected chi connectivity index (χ4v) is 2.47. The summed E-state index contributed by atoms with van der Waals surface area (Å²) < 4.78 is 21.5. The number of amides is 1. The molecule has 0 spiro atoms. The predicted molar refractivity (Wildman–Crippen MR) is 69.7 cm³/mol. The molecule has 7 heteroatoms. The Kier molecular flexibility index (Phi) is 5.58. The number of hydrogen-bond donors (Lipinski definition) is 2. The quantitative estimate of drug-likeness (QED) is 0.816. The first kappa shape index (κ1) is 14.9. The highest BCUT2D eigenvalue weighted by Crippen LogP contribution is 2.18. The first-order chi connectivity index (χ1) is 8.41. The molecule has 0 radical (unpaired) electrons. The van der Waals surface area contributed by atoms with Crippen LogP contribution in [-0.2, 0) is 14.8 Å². The van der Waals surface area contributed by atoms with Crippen molar-refractivity contribution in [3.63, 3.8) is 0 Å². The Bertz CT molecular complexity index is 509. The van der Waals surface area contributed by atoms with Gasteiger partial charge >= 0.3 is 0 Å². The van der Waals surface area contributed by atoms with E-state index in [-0.39, 0.29) is 15.8 Å². The first-order valence-corrected chi connectivity index (χ1v) is 7.38. The molecule has 1 amide bonds. The van der Waals surface area contributed by atoms with Crippen LogP contribution in [0.5, 0.6) is 0 Å². The summed E-state index contributed by atoms with van der Waals surface area (Å²) in [6.45, 7) is 0.888. The van der Waals surface area contributed by atoms with Crippen molar-refractivity contribution in [3.05, 3.63) is 29.3 Å². The van der Waals surface area contributed by atoms with Crippen molar-refractivity contribution in [1.29, 1.82) is 0 Å². The maximum atomic E-state index is 10.7. The van der Waals surface area contributed by atoms with Gasteiger partial charge in [-0.05, 0) is 25.0 Å². The molecule has 100 valence electrons. The number of benzene rings is 1. The number of piperidine rings is 1. The van der Waals surface area contributed by atoms with Gasteiger partial charge in [0.25, 0.3) is 0 Å². The molecule has 1 aliphatic heterocycles. The number of nitrogens with one attached hydrogen (secondary N) is 1. The molecule has 1 aromatic rings. The van der Waals surface area contributed by atoms with Crippen molar-refractivity contribution < 1.29 is 13.2 Å². The van der Waals surface area contributed by atoms with Crippen LogP contribution in [0.4, 0.5) is 0 Å². The summed E-state index contributed by atoms with van der Waals surface area (Å²) in [5.41, 5.74) is 0. The standard InChI is InChI=1S/C6H6ClNO2S.C5H9NO/c7-5-3-1-2-4-6(5)11(8,9)10;7-5-3-1-2-4-6-5/h1-4H,(H2,8,9,10);1-4H2,(H,6,7). The molecule has 1 aromatic carbocycles. The highest BCUT2D eigenvalue weighted by Gasteiger charge is 2.10. The summed E-state index contributed by atoms with van der Waals surface area (Å²) in [4.78, 5) is 10.3. The molecule has 1 aliphatic rings. The summed E-state index contributed by atoms with van der Waals surface area (Å²) in [7, 11) is -3.67. The van der Waals surface area contributed by atoms with Crippen molar-refractivity contribution in [3.8, 4) is 0 Å². The van der Waals surface area contributed by atoms with Crippen molar-refractivity contribution in [1.82, 2.24) is 5.32 Å². The Morgan fingerprint density at radius 3 is 2.22 bits per heavy atom. The zero-order chi connectivity index (χ0) is 13.6. The van der Waals surface area contributed by atoms with Crippen LogP contribution >= 0.6 is 11.6 Å². The van der Waals surface area contributed by atoms with Gasteiger partial charge in [0.15, 0.2) is 0 Å². The number of nitrogens with two attached hydrogens (primary N) is 1. The average molecular weight is 291 g/mol. The predicted octanol–water partition coefficient (Wildman–Crippen LogP) is 1.27. The fraction of sp³-hybridized carbons (Fsp3) is 0.364. The molecular weight excluding hydrogens is 276 g/mol. The molecule has 3 N–H and O–H groups in total. The lowest BCUT2D eigenvalue weighted by Gasteiger charge is -2.08. The third kappa shape index (κ3) is 5.03. The topological polar surface area (TPSA) is 89.3 Å². The number of halogens is 1. The van der Waals surface area contributed by atoms with E-state index in [4.69, 9.17) is 16.7 Å². The van der Waals surface area contributed by atoms with Crippen LogP contribution in [0.1, 0.15) is 19.3 Å². The molecule has 0 atom stereocenters. The summed E-state index contributed by atoms with van der Waals surface area (Å²) in [6, 6.07) is 6.03. The van der Waals surface area contributed by atoms with Gasteiger partial charge in [0.05, 0.1) is 5.02 Å². The molecule has 0 unspecified atom stereocenters. The van der Waals surface area contributed by atoms with Gasteiger partial charge in [-0.15, -0.1) is 0 Å². The first-order valence-electron chi connectivity index (χ1n) is 5.45. The molecule has 0 aromatic heterocycles. The number of sulfonamides is 1. The molecule has 5 nitrogen and oxygen atoms in total. The second-order valence-corrected chi connectivity index (χ2v) is 5.72. The smallest absolute Gasteiger partial charge is 0.239 e. The molecule has 0 bridgehead atoms. The molecular formula is C11H15ClN2O3S. The van der Waals surface area contributed by atoms with Gasteiger partial charge in [-0.1, -0.05) is 23.7 Å². The van der Waals surface area contributed by atoms with E-state index in [2.05, 4.69) is 5.32 Å². The van der Waals surface area contributed by atoms with Gasteiger partial charge in [0, 0.05) is 13.0 Å². The highest BCUT2D eigenvalue weighted by atomic mass is 35.5. The van der Waals surface area contributed by atoms with E-state index in [0.29, 0.717) is 0 Å². The van der Waals surface area contributed by atoms with E-state index in [1.54, 1.807) is 12.1 Å². The third-order valence-corrected chi connectivity index (χ3v) is 3.71. The van der Waals surface area contributed by atoms with Gasteiger partial charge in [-0.25, -0.2) is 13.6 Å². The minimum absolute atomic E-state index is 0.0401. The third-order valence-electron chi connectivity index (χ3n) is 2.30. The van der Waals surface area contributed by atoms with E-state index < -0.39 is 10.0 Å². The van der Waals surface area contributed by atoms with Crippen LogP contribution < -0.4 is 10.5 Å².